The maximum Gasteiger partial charge on any atom is 0.229 e. The Kier molecular flexibility index (Phi) is 3.80. The third-order valence-corrected chi connectivity index (χ3v) is 3.98. The first kappa shape index (κ1) is 14.5. The van der Waals surface area contributed by atoms with E-state index in [4.69, 9.17) is 9.78 Å². The lowest BCUT2D eigenvalue weighted by atomic mass is 10.2. The summed E-state index contributed by atoms with van der Waals surface area (Å²) < 4.78 is 5.33. The summed E-state index contributed by atoms with van der Waals surface area (Å²) in [4.78, 5) is 11.1. The Morgan fingerprint density at radius 1 is 1.36 bits per heavy atom. The SMILES string of the molecule is Cc1ccc(N2CCCC2c2noc(C(C)C)n2)nc1C#N. The Morgan fingerprint density at radius 3 is 2.86 bits per heavy atom. The fourth-order valence-electron chi connectivity index (χ4n) is 2.72. The highest BCUT2D eigenvalue weighted by Gasteiger charge is 2.31. The summed E-state index contributed by atoms with van der Waals surface area (Å²) in [5, 5.41) is 13.3. The van der Waals surface area contributed by atoms with E-state index in [1.807, 2.05) is 32.9 Å². The van der Waals surface area contributed by atoms with E-state index in [0.717, 1.165) is 30.8 Å². The van der Waals surface area contributed by atoms with Crippen molar-refractivity contribution < 1.29 is 4.52 Å². The van der Waals surface area contributed by atoms with E-state index in [1.54, 1.807) is 0 Å². The van der Waals surface area contributed by atoms with Gasteiger partial charge in [0.05, 0.1) is 6.04 Å². The quantitative estimate of drug-likeness (QED) is 0.866. The van der Waals surface area contributed by atoms with Crippen LogP contribution in [0.3, 0.4) is 0 Å². The minimum absolute atomic E-state index is 0.0676. The average molecular weight is 297 g/mol. The zero-order valence-corrected chi connectivity index (χ0v) is 13.1. The maximum absolute atomic E-state index is 9.16. The van der Waals surface area contributed by atoms with Crippen molar-refractivity contribution >= 4 is 5.82 Å². The van der Waals surface area contributed by atoms with Gasteiger partial charge in [0.15, 0.2) is 5.82 Å². The number of hydrogen-bond acceptors (Lipinski definition) is 6. The van der Waals surface area contributed by atoms with Crippen LogP contribution in [0.4, 0.5) is 5.82 Å². The van der Waals surface area contributed by atoms with Gasteiger partial charge >= 0.3 is 0 Å². The summed E-state index contributed by atoms with van der Waals surface area (Å²) in [7, 11) is 0. The molecule has 0 bridgehead atoms. The number of rotatable bonds is 3. The molecule has 6 nitrogen and oxygen atoms in total. The molecule has 1 fully saturated rings. The Morgan fingerprint density at radius 2 is 2.18 bits per heavy atom. The van der Waals surface area contributed by atoms with Crippen LogP contribution in [0.1, 0.15) is 61.6 Å². The summed E-state index contributed by atoms with van der Waals surface area (Å²) in [6.45, 7) is 6.84. The van der Waals surface area contributed by atoms with E-state index in [-0.39, 0.29) is 12.0 Å². The maximum atomic E-state index is 9.16. The van der Waals surface area contributed by atoms with Crippen LogP contribution >= 0.6 is 0 Å². The number of aromatic nitrogens is 3. The first-order valence-corrected chi connectivity index (χ1v) is 7.58. The second kappa shape index (κ2) is 5.76. The molecular weight excluding hydrogens is 278 g/mol. The molecule has 0 radical (unpaired) electrons. The predicted molar refractivity (Wildman–Crippen MR) is 81.4 cm³/mol. The van der Waals surface area contributed by atoms with Crippen molar-refractivity contribution in [2.24, 2.45) is 0 Å². The second-order valence-corrected chi connectivity index (χ2v) is 5.94. The third-order valence-electron chi connectivity index (χ3n) is 3.98. The summed E-state index contributed by atoms with van der Waals surface area (Å²) >= 11 is 0. The Labute approximate surface area is 129 Å². The van der Waals surface area contributed by atoms with E-state index in [2.05, 4.69) is 26.1 Å². The first-order chi connectivity index (χ1) is 10.6. The minimum atomic E-state index is 0.0676. The first-order valence-electron chi connectivity index (χ1n) is 7.58. The molecule has 0 N–H and O–H groups in total. The normalized spacial score (nSPS) is 18.0. The van der Waals surface area contributed by atoms with Crippen LogP contribution in [0.15, 0.2) is 16.7 Å². The molecule has 0 aromatic carbocycles. The average Bonchev–Trinajstić information content (AvgIpc) is 3.16. The Hall–Kier alpha value is -2.42. The molecule has 0 saturated carbocycles. The molecule has 2 aromatic rings. The largest absolute Gasteiger partial charge is 0.346 e. The molecule has 0 amide bonds. The summed E-state index contributed by atoms with van der Waals surface area (Å²) in [5.41, 5.74) is 1.36. The number of aryl methyl sites for hydroxylation is 1. The zero-order chi connectivity index (χ0) is 15.7. The smallest absolute Gasteiger partial charge is 0.229 e. The number of pyridine rings is 1. The van der Waals surface area contributed by atoms with E-state index >= 15 is 0 Å². The van der Waals surface area contributed by atoms with Gasteiger partial charge in [-0.3, -0.25) is 0 Å². The fraction of sp³-hybridized carbons (Fsp3) is 0.500. The van der Waals surface area contributed by atoms with Crippen LogP contribution < -0.4 is 4.90 Å². The van der Waals surface area contributed by atoms with Crippen molar-refractivity contribution in [2.75, 3.05) is 11.4 Å². The second-order valence-electron chi connectivity index (χ2n) is 5.94. The number of hydrogen-bond donors (Lipinski definition) is 0. The molecule has 3 heterocycles. The monoisotopic (exact) mass is 297 g/mol. The van der Waals surface area contributed by atoms with Gasteiger partial charge in [0, 0.05) is 12.5 Å². The molecule has 6 heteroatoms. The predicted octanol–water partition coefficient (Wildman–Crippen LogP) is 3.11. The van der Waals surface area contributed by atoms with E-state index < -0.39 is 0 Å². The fourth-order valence-corrected chi connectivity index (χ4v) is 2.72. The molecule has 0 spiro atoms. The highest BCUT2D eigenvalue weighted by Crippen LogP contribution is 2.34. The van der Waals surface area contributed by atoms with Crippen LogP contribution in [0.2, 0.25) is 0 Å². The molecule has 1 unspecified atom stereocenters. The Bertz CT molecular complexity index is 716. The molecule has 3 rings (SSSR count). The molecule has 1 aliphatic heterocycles. The van der Waals surface area contributed by atoms with Crippen LogP contribution in [-0.2, 0) is 0 Å². The van der Waals surface area contributed by atoms with E-state index in [1.165, 1.54) is 0 Å². The van der Waals surface area contributed by atoms with Gasteiger partial charge < -0.3 is 9.42 Å². The van der Waals surface area contributed by atoms with Crippen molar-refractivity contribution in [3.63, 3.8) is 0 Å². The molecule has 114 valence electrons. The van der Waals surface area contributed by atoms with E-state index in [0.29, 0.717) is 17.4 Å². The molecule has 1 atom stereocenters. The summed E-state index contributed by atoms with van der Waals surface area (Å²) in [5.74, 6) is 2.40. The lowest BCUT2D eigenvalue weighted by molar-refractivity contribution is 0.358. The number of nitrogens with zero attached hydrogens (tertiary/aromatic N) is 5. The van der Waals surface area contributed by atoms with E-state index in [9.17, 15) is 0 Å². The lowest BCUT2D eigenvalue weighted by Crippen LogP contribution is -2.24. The topological polar surface area (TPSA) is 78.8 Å². The molecule has 1 saturated heterocycles. The standard InChI is InChI=1S/C16H19N5O/c1-10(2)16-19-15(20-22-16)13-5-4-8-21(13)14-7-6-11(3)12(9-17)18-14/h6-7,10,13H,4-5,8H2,1-3H3. The highest BCUT2D eigenvalue weighted by molar-refractivity contribution is 5.47. The summed E-state index contributed by atoms with van der Waals surface area (Å²) in [6.07, 6.45) is 2.02. The van der Waals surface area contributed by atoms with Gasteiger partial charge in [0.1, 0.15) is 17.6 Å². The molecule has 22 heavy (non-hydrogen) atoms. The summed E-state index contributed by atoms with van der Waals surface area (Å²) in [6, 6.07) is 6.11. The molecule has 1 aliphatic rings. The van der Waals surface area contributed by atoms with Crippen molar-refractivity contribution in [1.29, 1.82) is 5.26 Å². The van der Waals surface area contributed by atoms with Crippen molar-refractivity contribution in [2.45, 2.75) is 45.6 Å². The van der Waals surface area contributed by atoms with Crippen LogP contribution in [0, 0.1) is 18.3 Å². The van der Waals surface area contributed by atoms with Gasteiger partial charge in [-0.05, 0) is 31.4 Å². The number of anilines is 1. The van der Waals surface area contributed by atoms with Gasteiger partial charge in [-0.25, -0.2) is 4.98 Å². The number of nitriles is 1. The van der Waals surface area contributed by atoms with Gasteiger partial charge in [-0.2, -0.15) is 10.2 Å². The van der Waals surface area contributed by atoms with Crippen molar-refractivity contribution in [3.8, 4) is 6.07 Å². The van der Waals surface area contributed by atoms with Crippen LogP contribution in [0.5, 0.6) is 0 Å². The van der Waals surface area contributed by atoms with Gasteiger partial charge in [-0.1, -0.05) is 25.1 Å². The van der Waals surface area contributed by atoms with Gasteiger partial charge in [-0.15, -0.1) is 0 Å². The minimum Gasteiger partial charge on any atom is -0.346 e. The zero-order valence-electron chi connectivity index (χ0n) is 13.1. The molecule has 2 aromatic heterocycles. The van der Waals surface area contributed by atoms with Crippen LogP contribution in [-0.4, -0.2) is 21.7 Å². The van der Waals surface area contributed by atoms with Gasteiger partial charge in [0.2, 0.25) is 5.89 Å². The van der Waals surface area contributed by atoms with Crippen molar-refractivity contribution in [1.82, 2.24) is 15.1 Å². The third kappa shape index (κ3) is 2.54. The van der Waals surface area contributed by atoms with Crippen LogP contribution in [0.25, 0.3) is 0 Å². The highest BCUT2D eigenvalue weighted by atomic mass is 16.5. The molecule has 0 aliphatic carbocycles. The van der Waals surface area contributed by atoms with Gasteiger partial charge in [0.25, 0.3) is 0 Å². The lowest BCUT2D eigenvalue weighted by Gasteiger charge is -2.23. The molecular formula is C16H19N5O. The van der Waals surface area contributed by atoms with Crippen molar-refractivity contribution in [3.05, 3.63) is 35.1 Å². The Balaban J connectivity index is 1.91.